The van der Waals surface area contributed by atoms with Crippen LogP contribution >= 0.6 is 0 Å². The molecule has 110 valence electrons. The van der Waals surface area contributed by atoms with E-state index in [2.05, 4.69) is 34.6 Å². The maximum Gasteiger partial charge on any atom is 0.462 e. The maximum atomic E-state index is 6.04. The van der Waals surface area contributed by atoms with Crippen molar-refractivity contribution in [2.45, 2.75) is 58.7 Å². The van der Waals surface area contributed by atoms with E-state index in [1.165, 1.54) is 5.56 Å². The molecular weight excluding hydrogens is 251 g/mol. The molecule has 4 nitrogen and oxygen atoms in total. The molecule has 0 spiro atoms. The second-order valence-electron chi connectivity index (χ2n) is 6.56. The number of hydrogen-bond acceptors (Lipinski definition) is 4. The van der Waals surface area contributed by atoms with Gasteiger partial charge in [0.05, 0.1) is 11.2 Å². The monoisotopic (exact) mass is 276 g/mol. The number of benzene rings is 1. The number of hydrogen-bond donors (Lipinski definition) is 2. The van der Waals surface area contributed by atoms with Gasteiger partial charge in [0.1, 0.15) is 0 Å². The lowest BCUT2D eigenvalue weighted by atomic mass is 9.78. The first-order chi connectivity index (χ1) is 9.16. The third-order valence-electron chi connectivity index (χ3n) is 4.55. The largest absolute Gasteiger partial charge is 0.462 e. The molecule has 1 saturated heterocycles. The molecule has 0 bridgehead atoms. The summed E-state index contributed by atoms with van der Waals surface area (Å²) in [5.74, 6) is 0. The average Bonchev–Trinajstić information content (AvgIpc) is 2.51. The molecule has 1 heterocycles. The zero-order valence-electron chi connectivity index (χ0n) is 13.1. The molecule has 1 aliphatic rings. The Morgan fingerprint density at radius 1 is 1.05 bits per heavy atom. The first-order valence-corrected chi connectivity index (χ1v) is 7.10. The molecule has 0 saturated carbocycles. The highest BCUT2D eigenvalue weighted by Gasteiger charge is 2.50. The topological polar surface area (TPSA) is 70.5 Å². The van der Waals surface area contributed by atoms with Crippen molar-refractivity contribution in [1.82, 2.24) is 0 Å². The minimum atomic E-state index is -0.303. The van der Waals surface area contributed by atoms with Crippen LogP contribution in [-0.4, -0.2) is 18.3 Å². The number of rotatable bonds is 3. The summed E-state index contributed by atoms with van der Waals surface area (Å²) in [6, 6.07) is 3.92. The van der Waals surface area contributed by atoms with Crippen molar-refractivity contribution >= 4 is 12.8 Å². The van der Waals surface area contributed by atoms with Crippen LogP contribution in [0.4, 0.5) is 5.69 Å². The number of nitrogen functional groups attached to an aromatic ring is 1. The molecule has 1 aromatic rings. The highest BCUT2D eigenvalue weighted by molar-refractivity contribution is 6.45. The lowest BCUT2D eigenvalue weighted by molar-refractivity contribution is 0.00578. The summed E-state index contributed by atoms with van der Waals surface area (Å²) in [7, 11) is -0.244. The van der Waals surface area contributed by atoms with Crippen LogP contribution in [0.2, 0.25) is 0 Å². The van der Waals surface area contributed by atoms with E-state index in [4.69, 9.17) is 20.8 Å². The summed E-state index contributed by atoms with van der Waals surface area (Å²) in [6.45, 7) is 10.8. The van der Waals surface area contributed by atoms with Gasteiger partial charge in [0.15, 0.2) is 0 Å². The van der Waals surface area contributed by atoms with E-state index < -0.39 is 0 Å². The van der Waals surface area contributed by atoms with E-state index in [0.29, 0.717) is 12.9 Å². The summed E-state index contributed by atoms with van der Waals surface area (Å²) in [5.41, 5.74) is 15.2. The molecule has 20 heavy (non-hydrogen) atoms. The maximum absolute atomic E-state index is 6.04. The van der Waals surface area contributed by atoms with Gasteiger partial charge in [-0.3, -0.25) is 0 Å². The van der Waals surface area contributed by atoms with Gasteiger partial charge in [-0.05, 0) is 63.4 Å². The summed E-state index contributed by atoms with van der Waals surface area (Å²) in [5, 5.41) is 0. The van der Waals surface area contributed by atoms with Crippen molar-refractivity contribution in [3.63, 3.8) is 0 Å². The Morgan fingerprint density at radius 3 is 2.05 bits per heavy atom. The molecule has 1 fully saturated rings. The second kappa shape index (κ2) is 5.06. The Hall–Kier alpha value is -1.04. The van der Waals surface area contributed by atoms with Crippen LogP contribution in [0.3, 0.4) is 0 Å². The number of anilines is 1. The smallest absolute Gasteiger partial charge is 0.403 e. The highest BCUT2D eigenvalue weighted by Crippen LogP contribution is 2.37. The molecule has 0 radical (unpaired) electrons. The molecule has 0 amide bonds. The van der Waals surface area contributed by atoms with Gasteiger partial charge in [-0.1, -0.05) is 0 Å². The molecule has 2 rings (SSSR count). The van der Waals surface area contributed by atoms with Gasteiger partial charge in [0.2, 0.25) is 0 Å². The van der Waals surface area contributed by atoms with Gasteiger partial charge in [-0.2, -0.15) is 0 Å². The van der Waals surface area contributed by atoms with E-state index >= 15 is 0 Å². The summed E-state index contributed by atoms with van der Waals surface area (Å²) in [6.07, 6.45) is 0.691. The lowest BCUT2D eigenvalue weighted by Crippen LogP contribution is -2.41. The van der Waals surface area contributed by atoms with Crippen LogP contribution in [0.1, 0.15) is 44.4 Å². The molecule has 0 unspecified atom stereocenters. The standard InChI is InChI=1S/C15H25BN2O2/c1-10-11(6-13(18)7-12(10)9-17)8-16-19-14(2,3)15(4,5)20-16/h6-7H,8-9,17-18H2,1-5H3. The van der Waals surface area contributed by atoms with E-state index in [0.717, 1.165) is 16.8 Å². The van der Waals surface area contributed by atoms with E-state index in [-0.39, 0.29) is 18.3 Å². The predicted octanol–water partition coefficient (Wildman–Crippen LogP) is 2.21. The van der Waals surface area contributed by atoms with Crippen molar-refractivity contribution in [1.29, 1.82) is 0 Å². The molecule has 0 aromatic heterocycles. The van der Waals surface area contributed by atoms with Crippen molar-refractivity contribution < 1.29 is 9.31 Å². The fourth-order valence-electron chi connectivity index (χ4n) is 2.52. The third-order valence-corrected chi connectivity index (χ3v) is 4.55. The zero-order valence-corrected chi connectivity index (χ0v) is 13.1. The Balaban J connectivity index is 2.22. The van der Waals surface area contributed by atoms with Crippen LogP contribution in [0.15, 0.2) is 12.1 Å². The van der Waals surface area contributed by atoms with Crippen molar-refractivity contribution in [3.8, 4) is 0 Å². The van der Waals surface area contributed by atoms with Gasteiger partial charge in [0.25, 0.3) is 0 Å². The quantitative estimate of drug-likeness (QED) is 0.656. The molecule has 4 N–H and O–H groups in total. The molecular formula is C15H25BN2O2. The van der Waals surface area contributed by atoms with E-state index in [1.807, 2.05) is 12.1 Å². The van der Waals surface area contributed by atoms with Gasteiger partial charge >= 0.3 is 7.12 Å². The minimum absolute atomic E-state index is 0.244. The van der Waals surface area contributed by atoms with Crippen molar-refractivity contribution in [2.75, 3.05) is 5.73 Å². The molecule has 1 aromatic carbocycles. The van der Waals surface area contributed by atoms with E-state index in [9.17, 15) is 0 Å². The lowest BCUT2D eigenvalue weighted by Gasteiger charge is -2.32. The minimum Gasteiger partial charge on any atom is -0.403 e. The van der Waals surface area contributed by atoms with Crippen molar-refractivity contribution in [3.05, 3.63) is 28.8 Å². The molecule has 0 aliphatic carbocycles. The van der Waals surface area contributed by atoms with Crippen LogP contribution in [0.5, 0.6) is 0 Å². The Morgan fingerprint density at radius 2 is 1.55 bits per heavy atom. The highest BCUT2D eigenvalue weighted by atomic mass is 16.7. The third kappa shape index (κ3) is 2.71. The van der Waals surface area contributed by atoms with Gasteiger partial charge in [-0.15, -0.1) is 0 Å². The molecule has 0 atom stereocenters. The van der Waals surface area contributed by atoms with Gasteiger partial charge in [0, 0.05) is 18.6 Å². The van der Waals surface area contributed by atoms with Crippen LogP contribution in [-0.2, 0) is 22.2 Å². The fourth-order valence-corrected chi connectivity index (χ4v) is 2.52. The van der Waals surface area contributed by atoms with E-state index in [1.54, 1.807) is 0 Å². The predicted molar refractivity (Wildman–Crippen MR) is 83.3 cm³/mol. The number of nitrogens with two attached hydrogens (primary N) is 2. The Bertz CT molecular complexity index is 499. The van der Waals surface area contributed by atoms with Crippen LogP contribution in [0.25, 0.3) is 0 Å². The zero-order chi connectivity index (χ0) is 15.1. The summed E-state index contributed by atoms with van der Waals surface area (Å²) >= 11 is 0. The van der Waals surface area contributed by atoms with Crippen LogP contribution < -0.4 is 11.5 Å². The second-order valence-corrected chi connectivity index (χ2v) is 6.56. The normalized spacial score (nSPS) is 20.4. The van der Waals surface area contributed by atoms with Crippen molar-refractivity contribution in [2.24, 2.45) is 5.73 Å². The molecule has 5 heteroatoms. The average molecular weight is 276 g/mol. The van der Waals surface area contributed by atoms with Gasteiger partial charge < -0.3 is 20.8 Å². The summed E-state index contributed by atoms with van der Waals surface area (Å²) in [4.78, 5) is 0. The van der Waals surface area contributed by atoms with Crippen LogP contribution in [0, 0.1) is 6.92 Å². The first-order valence-electron chi connectivity index (χ1n) is 7.10. The fraction of sp³-hybridized carbons (Fsp3) is 0.600. The Labute approximate surface area is 122 Å². The SMILES string of the molecule is Cc1c(CN)cc(N)cc1CB1OC(C)(C)C(C)(C)O1. The summed E-state index contributed by atoms with van der Waals surface area (Å²) < 4.78 is 12.1. The first kappa shape index (κ1) is 15.4. The Kier molecular flexibility index (Phi) is 3.89. The van der Waals surface area contributed by atoms with Gasteiger partial charge in [-0.25, -0.2) is 0 Å². The molecule has 1 aliphatic heterocycles.